The summed E-state index contributed by atoms with van der Waals surface area (Å²) < 4.78 is 6.25. The summed E-state index contributed by atoms with van der Waals surface area (Å²) in [5.74, 6) is -0.905. The van der Waals surface area contributed by atoms with Crippen molar-refractivity contribution in [3.63, 3.8) is 0 Å². The van der Waals surface area contributed by atoms with E-state index >= 15 is 0 Å². The first-order chi connectivity index (χ1) is 9.47. The Morgan fingerprint density at radius 2 is 1.85 bits per heavy atom. The number of nitro groups is 1. The van der Waals surface area contributed by atoms with Gasteiger partial charge in [0.1, 0.15) is 17.1 Å². The molecular weight excluding hydrogens is 330 g/mol. The number of carboxylic acid groups (broad SMARTS) is 1. The Hall–Kier alpha value is -2.41. The van der Waals surface area contributed by atoms with E-state index in [9.17, 15) is 14.9 Å². The molecule has 0 bridgehead atoms. The van der Waals surface area contributed by atoms with Gasteiger partial charge in [-0.2, -0.15) is 0 Å². The van der Waals surface area contributed by atoms with Crippen LogP contribution in [0, 0.1) is 10.1 Å². The van der Waals surface area contributed by atoms with E-state index in [0.717, 1.165) is 22.7 Å². The number of carbonyl (C=O) groups is 1. The summed E-state index contributed by atoms with van der Waals surface area (Å²) in [5.41, 5.74) is -0.374. The molecule has 2 rings (SSSR count). The van der Waals surface area contributed by atoms with Gasteiger partial charge in [0, 0.05) is 10.5 Å². The second-order valence-electron chi connectivity index (χ2n) is 3.80. The summed E-state index contributed by atoms with van der Waals surface area (Å²) in [6.45, 7) is 0. The summed E-state index contributed by atoms with van der Waals surface area (Å²) in [4.78, 5) is 21.2. The third-order valence-electron chi connectivity index (χ3n) is 2.45. The smallest absolute Gasteiger partial charge is 0.339 e. The van der Waals surface area contributed by atoms with Crippen LogP contribution in [0.15, 0.2) is 46.9 Å². The first kappa shape index (κ1) is 14.0. The van der Waals surface area contributed by atoms with Gasteiger partial charge in [-0.15, -0.1) is 0 Å². The maximum Gasteiger partial charge on any atom is 0.339 e. The maximum atomic E-state index is 11.1. The molecule has 0 saturated heterocycles. The van der Waals surface area contributed by atoms with Crippen LogP contribution in [-0.2, 0) is 0 Å². The summed E-state index contributed by atoms with van der Waals surface area (Å²) >= 11 is 3.26. The molecule has 1 N–H and O–H groups in total. The van der Waals surface area contributed by atoms with Crippen molar-refractivity contribution in [2.24, 2.45) is 0 Å². The lowest BCUT2D eigenvalue weighted by Crippen LogP contribution is -2.01. The fraction of sp³-hybridized carbons (Fsp3) is 0. The highest BCUT2D eigenvalue weighted by Gasteiger charge is 2.17. The van der Waals surface area contributed by atoms with Crippen molar-refractivity contribution in [2.75, 3.05) is 0 Å². The molecule has 7 heteroatoms. The number of rotatable bonds is 4. The van der Waals surface area contributed by atoms with E-state index in [1.165, 1.54) is 0 Å². The highest BCUT2D eigenvalue weighted by atomic mass is 79.9. The van der Waals surface area contributed by atoms with Gasteiger partial charge in [0.25, 0.3) is 5.69 Å². The molecule has 0 heterocycles. The fourth-order valence-electron chi connectivity index (χ4n) is 1.52. The molecule has 0 aromatic heterocycles. The van der Waals surface area contributed by atoms with Crippen LogP contribution in [-0.4, -0.2) is 16.0 Å². The molecule has 0 fully saturated rings. The van der Waals surface area contributed by atoms with Crippen LogP contribution in [0.2, 0.25) is 0 Å². The summed E-state index contributed by atoms with van der Waals surface area (Å²) in [6.07, 6.45) is 0. The molecule has 2 aromatic rings. The Morgan fingerprint density at radius 3 is 2.40 bits per heavy atom. The summed E-state index contributed by atoms with van der Waals surface area (Å²) in [6, 6.07) is 10.0. The van der Waals surface area contributed by atoms with E-state index in [1.807, 2.05) is 0 Å². The molecule has 2 aromatic carbocycles. The van der Waals surface area contributed by atoms with Gasteiger partial charge in [0.05, 0.1) is 11.0 Å². The number of halogens is 1. The van der Waals surface area contributed by atoms with Gasteiger partial charge in [-0.3, -0.25) is 10.1 Å². The van der Waals surface area contributed by atoms with Crippen LogP contribution in [0.25, 0.3) is 0 Å². The first-order valence-electron chi connectivity index (χ1n) is 5.42. The number of nitrogens with zero attached hydrogens (tertiary/aromatic N) is 1. The molecule has 0 aliphatic rings. The van der Waals surface area contributed by atoms with Gasteiger partial charge in [0.2, 0.25) is 0 Å². The molecule has 0 unspecified atom stereocenters. The summed E-state index contributed by atoms with van der Waals surface area (Å²) in [5, 5.41) is 19.8. The van der Waals surface area contributed by atoms with Crippen molar-refractivity contribution in [1.82, 2.24) is 0 Å². The third kappa shape index (κ3) is 3.12. The molecule has 20 heavy (non-hydrogen) atoms. The van der Waals surface area contributed by atoms with E-state index in [0.29, 0.717) is 5.75 Å². The van der Waals surface area contributed by atoms with Gasteiger partial charge >= 0.3 is 5.97 Å². The molecule has 0 amide bonds. The molecule has 0 aliphatic carbocycles. The van der Waals surface area contributed by atoms with Crippen LogP contribution < -0.4 is 4.74 Å². The number of nitro benzene ring substituents is 1. The zero-order valence-corrected chi connectivity index (χ0v) is 11.5. The van der Waals surface area contributed by atoms with Crippen molar-refractivity contribution >= 4 is 27.6 Å². The minimum atomic E-state index is -1.22. The Kier molecular flexibility index (Phi) is 3.99. The zero-order chi connectivity index (χ0) is 14.7. The minimum absolute atomic E-state index is 0.0750. The largest absolute Gasteiger partial charge is 0.478 e. The number of hydrogen-bond donors (Lipinski definition) is 1. The monoisotopic (exact) mass is 337 g/mol. The van der Waals surface area contributed by atoms with Gasteiger partial charge in [-0.05, 0) is 30.3 Å². The van der Waals surface area contributed by atoms with Crippen molar-refractivity contribution in [3.05, 3.63) is 62.6 Å². The number of benzene rings is 2. The molecule has 0 radical (unpaired) electrons. The number of non-ortho nitro benzene ring substituents is 1. The fourth-order valence-corrected chi connectivity index (χ4v) is 1.78. The van der Waals surface area contributed by atoms with E-state index in [-0.39, 0.29) is 17.0 Å². The lowest BCUT2D eigenvalue weighted by atomic mass is 10.2. The molecular formula is C13H8BrNO5. The Balaban J connectivity index is 2.41. The van der Waals surface area contributed by atoms with Crippen LogP contribution >= 0.6 is 15.9 Å². The molecule has 0 aliphatic heterocycles. The van der Waals surface area contributed by atoms with E-state index in [2.05, 4.69) is 15.9 Å². The van der Waals surface area contributed by atoms with Gasteiger partial charge < -0.3 is 9.84 Å². The maximum absolute atomic E-state index is 11.1. The highest BCUT2D eigenvalue weighted by molar-refractivity contribution is 9.10. The third-order valence-corrected chi connectivity index (χ3v) is 2.98. The molecule has 0 saturated carbocycles. The highest BCUT2D eigenvalue weighted by Crippen LogP contribution is 2.30. The number of ether oxygens (including phenoxy) is 1. The number of hydrogen-bond acceptors (Lipinski definition) is 4. The summed E-state index contributed by atoms with van der Waals surface area (Å²) in [7, 11) is 0. The Labute approximate surface area is 121 Å². The first-order valence-corrected chi connectivity index (χ1v) is 6.22. The zero-order valence-electron chi connectivity index (χ0n) is 9.95. The van der Waals surface area contributed by atoms with Crippen LogP contribution in [0.4, 0.5) is 5.69 Å². The number of carboxylic acids is 1. The van der Waals surface area contributed by atoms with E-state index in [1.54, 1.807) is 24.3 Å². The van der Waals surface area contributed by atoms with Gasteiger partial charge in [0.15, 0.2) is 0 Å². The van der Waals surface area contributed by atoms with Gasteiger partial charge in [-0.25, -0.2) is 4.79 Å². The lowest BCUT2D eigenvalue weighted by molar-refractivity contribution is -0.384. The lowest BCUT2D eigenvalue weighted by Gasteiger charge is -2.08. The molecule has 0 atom stereocenters. The van der Waals surface area contributed by atoms with Crippen molar-refractivity contribution in [2.45, 2.75) is 0 Å². The number of aromatic carboxylic acids is 1. The van der Waals surface area contributed by atoms with Crippen molar-refractivity contribution in [3.8, 4) is 11.5 Å². The Bertz CT molecular complexity index is 669. The molecule has 102 valence electrons. The predicted molar refractivity (Wildman–Crippen MR) is 74.3 cm³/mol. The van der Waals surface area contributed by atoms with Gasteiger partial charge in [-0.1, -0.05) is 15.9 Å². The second kappa shape index (κ2) is 5.70. The van der Waals surface area contributed by atoms with E-state index in [4.69, 9.17) is 9.84 Å². The van der Waals surface area contributed by atoms with E-state index < -0.39 is 10.9 Å². The molecule has 0 spiro atoms. The van der Waals surface area contributed by atoms with Crippen LogP contribution in [0.3, 0.4) is 0 Å². The van der Waals surface area contributed by atoms with Crippen molar-refractivity contribution < 1.29 is 19.6 Å². The standard InChI is InChI=1S/C13H8BrNO5/c14-8-1-4-10(5-2-8)20-12-7-9(15(18)19)3-6-11(12)13(16)17/h1-7H,(H,16,17). The second-order valence-corrected chi connectivity index (χ2v) is 4.71. The average Bonchev–Trinajstić information content (AvgIpc) is 2.41. The quantitative estimate of drug-likeness (QED) is 0.676. The van der Waals surface area contributed by atoms with Crippen LogP contribution in [0.5, 0.6) is 11.5 Å². The van der Waals surface area contributed by atoms with Crippen molar-refractivity contribution in [1.29, 1.82) is 0 Å². The average molecular weight is 338 g/mol. The topological polar surface area (TPSA) is 89.7 Å². The minimum Gasteiger partial charge on any atom is -0.478 e. The Morgan fingerprint density at radius 1 is 1.20 bits per heavy atom. The predicted octanol–water partition coefficient (Wildman–Crippen LogP) is 3.85. The normalized spacial score (nSPS) is 10.1. The SMILES string of the molecule is O=C(O)c1ccc([N+](=O)[O-])cc1Oc1ccc(Br)cc1. The molecule has 6 nitrogen and oxygen atoms in total. The van der Waals surface area contributed by atoms with Crippen LogP contribution in [0.1, 0.15) is 10.4 Å².